The largest absolute Gasteiger partial charge is 0.505 e. The molecule has 0 unspecified atom stereocenters. The molecule has 0 radical (unpaired) electrons. The Labute approximate surface area is 76.4 Å². The maximum absolute atomic E-state index is 12.9. The molecule has 0 aliphatic rings. The number of aliphatic carboxylic acids is 1. The minimum absolute atomic E-state index is 0.699. The van der Waals surface area contributed by atoms with E-state index in [0.717, 1.165) is 0 Å². The number of carboxylic acids is 1. The lowest BCUT2D eigenvalue weighted by Gasteiger charge is -2.00. The summed E-state index contributed by atoms with van der Waals surface area (Å²) in [6.07, 6.45) is 0. The molecule has 0 fully saturated rings. The smallest absolute Gasteiger partial charge is 0.377 e. The SMILES string of the molecule is O=C(O)C(=O)c1ccc(O)c(F)c1F. The third kappa shape index (κ3) is 1.54. The molecule has 2 N–H and O–H groups in total. The third-order valence-corrected chi connectivity index (χ3v) is 1.50. The van der Waals surface area contributed by atoms with E-state index in [0.29, 0.717) is 12.1 Å². The quantitative estimate of drug-likeness (QED) is 0.552. The second-order valence-corrected chi connectivity index (χ2v) is 2.39. The molecule has 1 rings (SSSR count). The molecule has 0 saturated carbocycles. The van der Waals surface area contributed by atoms with Crippen molar-refractivity contribution in [3.05, 3.63) is 29.3 Å². The zero-order chi connectivity index (χ0) is 10.9. The number of rotatable bonds is 2. The van der Waals surface area contributed by atoms with Crippen molar-refractivity contribution < 1.29 is 28.6 Å². The Hall–Kier alpha value is -1.98. The summed E-state index contributed by atoms with van der Waals surface area (Å²) in [7, 11) is 0. The van der Waals surface area contributed by atoms with E-state index in [1.807, 2.05) is 0 Å². The molecule has 1 aromatic carbocycles. The molecule has 0 amide bonds. The molecule has 0 heterocycles. The number of halogens is 2. The van der Waals surface area contributed by atoms with Gasteiger partial charge in [-0.05, 0) is 12.1 Å². The average molecular weight is 202 g/mol. The zero-order valence-corrected chi connectivity index (χ0v) is 6.62. The lowest BCUT2D eigenvalue weighted by atomic mass is 10.1. The summed E-state index contributed by atoms with van der Waals surface area (Å²) in [6.45, 7) is 0. The fourth-order valence-electron chi connectivity index (χ4n) is 0.830. The summed E-state index contributed by atoms with van der Waals surface area (Å²) in [4.78, 5) is 20.9. The molecule has 74 valence electrons. The number of benzene rings is 1. The highest BCUT2D eigenvalue weighted by molar-refractivity contribution is 6.39. The van der Waals surface area contributed by atoms with Gasteiger partial charge >= 0.3 is 5.97 Å². The first-order chi connectivity index (χ1) is 6.45. The fraction of sp³-hybridized carbons (Fsp3) is 0. The van der Waals surface area contributed by atoms with E-state index in [4.69, 9.17) is 10.2 Å². The first-order valence-electron chi connectivity index (χ1n) is 3.39. The maximum Gasteiger partial charge on any atom is 0.377 e. The molecule has 0 aliphatic carbocycles. The van der Waals surface area contributed by atoms with Crippen molar-refractivity contribution >= 4 is 11.8 Å². The molecule has 6 heteroatoms. The number of carbonyl (C=O) groups excluding carboxylic acids is 1. The molecule has 0 bridgehead atoms. The van der Waals surface area contributed by atoms with Crippen LogP contribution in [-0.2, 0) is 4.79 Å². The molecule has 1 aromatic rings. The predicted molar refractivity (Wildman–Crippen MR) is 40.0 cm³/mol. The number of aromatic hydroxyl groups is 1. The second-order valence-electron chi connectivity index (χ2n) is 2.39. The lowest BCUT2D eigenvalue weighted by molar-refractivity contribution is -0.131. The van der Waals surface area contributed by atoms with Crippen LogP contribution in [0.5, 0.6) is 5.75 Å². The van der Waals surface area contributed by atoms with Gasteiger partial charge in [0.15, 0.2) is 11.6 Å². The fourth-order valence-corrected chi connectivity index (χ4v) is 0.830. The van der Waals surface area contributed by atoms with Crippen LogP contribution in [0.3, 0.4) is 0 Å². The maximum atomic E-state index is 12.9. The molecule has 0 aliphatic heterocycles. The zero-order valence-electron chi connectivity index (χ0n) is 6.62. The van der Waals surface area contributed by atoms with E-state index in [1.165, 1.54) is 0 Å². The Morgan fingerprint density at radius 2 is 1.71 bits per heavy atom. The second kappa shape index (κ2) is 3.41. The third-order valence-electron chi connectivity index (χ3n) is 1.50. The molecular weight excluding hydrogens is 198 g/mol. The van der Waals surface area contributed by atoms with Gasteiger partial charge in [0.2, 0.25) is 5.82 Å². The van der Waals surface area contributed by atoms with Crippen LogP contribution in [0, 0.1) is 11.6 Å². The van der Waals surface area contributed by atoms with Crippen LogP contribution < -0.4 is 0 Å². The van der Waals surface area contributed by atoms with E-state index in [2.05, 4.69) is 0 Å². The minimum atomic E-state index is -1.89. The summed E-state index contributed by atoms with van der Waals surface area (Å²) < 4.78 is 25.5. The molecule has 14 heavy (non-hydrogen) atoms. The highest BCUT2D eigenvalue weighted by Gasteiger charge is 2.22. The minimum Gasteiger partial charge on any atom is -0.505 e. The monoisotopic (exact) mass is 202 g/mol. The van der Waals surface area contributed by atoms with Crippen LogP contribution in [0.25, 0.3) is 0 Å². The number of hydrogen-bond acceptors (Lipinski definition) is 3. The van der Waals surface area contributed by atoms with Crippen molar-refractivity contribution in [2.75, 3.05) is 0 Å². The van der Waals surface area contributed by atoms with E-state index < -0.39 is 34.7 Å². The van der Waals surface area contributed by atoms with Gasteiger partial charge in [-0.15, -0.1) is 0 Å². The first-order valence-corrected chi connectivity index (χ1v) is 3.39. The van der Waals surface area contributed by atoms with E-state index in [1.54, 1.807) is 0 Å². The Bertz CT molecular complexity index is 414. The Kier molecular flexibility index (Phi) is 2.46. The van der Waals surface area contributed by atoms with E-state index in [9.17, 15) is 18.4 Å². The molecule has 0 saturated heterocycles. The molecular formula is C8H4F2O4. The van der Waals surface area contributed by atoms with Gasteiger partial charge in [0.05, 0.1) is 5.56 Å². The van der Waals surface area contributed by atoms with Crippen molar-refractivity contribution in [3.8, 4) is 5.75 Å². The van der Waals surface area contributed by atoms with Gasteiger partial charge < -0.3 is 10.2 Å². The van der Waals surface area contributed by atoms with Crippen molar-refractivity contribution in [2.24, 2.45) is 0 Å². The van der Waals surface area contributed by atoms with Crippen LogP contribution >= 0.6 is 0 Å². The summed E-state index contributed by atoms with van der Waals surface area (Å²) in [5, 5.41) is 16.9. The first kappa shape index (κ1) is 10.1. The van der Waals surface area contributed by atoms with Gasteiger partial charge in [-0.1, -0.05) is 0 Å². The van der Waals surface area contributed by atoms with Crippen molar-refractivity contribution in [1.82, 2.24) is 0 Å². The molecule has 0 aromatic heterocycles. The van der Waals surface area contributed by atoms with Crippen LogP contribution in [0.15, 0.2) is 12.1 Å². The van der Waals surface area contributed by atoms with Gasteiger partial charge in [-0.3, -0.25) is 4.79 Å². The standard InChI is InChI=1S/C8H4F2O4/c9-5-3(7(12)8(13)14)1-2-4(11)6(5)10/h1-2,11H,(H,13,14). The number of hydrogen-bond donors (Lipinski definition) is 2. The highest BCUT2D eigenvalue weighted by Crippen LogP contribution is 2.21. The topological polar surface area (TPSA) is 74.6 Å². The number of phenols is 1. The van der Waals surface area contributed by atoms with Gasteiger partial charge in [0, 0.05) is 0 Å². The van der Waals surface area contributed by atoms with Crippen molar-refractivity contribution in [2.45, 2.75) is 0 Å². The summed E-state index contributed by atoms with van der Waals surface area (Å²) in [6, 6.07) is 1.40. The van der Waals surface area contributed by atoms with Crippen LogP contribution in [0.2, 0.25) is 0 Å². The van der Waals surface area contributed by atoms with Gasteiger partial charge in [-0.25, -0.2) is 9.18 Å². The summed E-state index contributed by atoms with van der Waals surface area (Å²) in [5.41, 5.74) is -0.923. The average Bonchev–Trinajstić information content (AvgIpc) is 2.13. The van der Waals surface area contributed by atoms with Crippen molar-refractivity contribution in [1.29, 1.82) is 0 Å². The number of carboxylic acid groups (broad SMARTS) is 1. The van der Waals surface area contributed by atoms with E-state index in [-0.39, 0.29) is 0 Å². The Balaban J connectivity index is 3.31. The van der Waals surface area contributed by atoms with Crippen molar-refractivity contribution in [3.63, 3.8) is 0 Å². The molecule has 4 nitrogen and oxygen atoms in total. The van der Waals surface area contributed by atoms with Crippen LogP contribution in [0.1, 0.15) is 10.4 Å². The Morgan fingerprint density at radius 1 is 1.14 bits per heavy atom. The summed E-state index contributed by atoms with van der Waals surface area (Å²) >= 11 is 0. The van der Waals surface area contributed by atoms with Gasteiger partial charge in [0.25, 0.3) is 5.78 Å². The highest BCUT2D eigenvalue weighted by atomic mass is 19.2. The number of ketones is 1. The van der Waals surface area contributed by atoms with Gasteiger partial charge in [-0.2, -0.15) is 4.39 Å². The predicted octanol–water partition coefficient (Wildman–Crippen LogP) is 0.938. The Morgan fingerprint density at radius 3 is 2.21 bits per heavy atom. The normalized spacial score (nSPS) is 9.86. The number of carbonyl (C=O) groups is 2. The molecule has 0 spiro atoms. The van der Waals surface area contributed by atoms with E-state index >= 15 is 0 Å². The van der Waals surface area contributed by atoms with Crippen LogP contribution in [-0.4, -0.2) is 22.0 Å². The van der Waals surface area contributed by atoms with Gasteiger partial charge in [0.1, 0.15) is 0 Å². The number of phenolic OH excluding ortho intramolecular Hbond substituents is 1. The molecule has 0 atom stereocenters. The van der Waals surface area contributed by atoms with Crippen LogP contribution in [0.4, 0.5) is 8.78 Å². The number of Topliss-reactive ketones (excluding diaryl/α,β-unsaturated/α-hetero) is 1. The summed E-state index contributed by atoms with van der Waals surface area (Å²) in [5.74, 6) is -7.76. The lowest BCUT2D eigenvalue weighted by Crippen LogP contribution is -2.15.